The molecular formula is C20H18F2N2O4S. The molecule has 9 heteroatoms. The van der Waals surface area contributed by atoms with Crippen LogP contribution in [-0.2, 0) is 0 Å². The van der Waals surface area contributed by atoms with Crippen LogP contribution in [-0.4, -0.2) is 31.7 Å². The molecule has 0 aliphatic rings. The first-order valence-corrected chi connectivity index (χ1v) is 9.29. The molecule has 3 aromatic rings. The fourth-order valence-electron chi connectivity index (χ4n) is 2.64. The van der Waals surface area contributed by atoms with Gasteiger partial charge in [-0.2, -0.15) is 8.78 Å². The molecule has 29 heavy (non-hydrogen) atoms. The van der Waals surface area contributed by atoms with Crippen molar-refractivity contribution in [3.8, 4) is 28.5 Å². The third-order valence-electron chi connectivity index (χ3n) is 4.02. The molecule has 0 spiro atoms. The van der Waals surface area contributed by atoms with Crippen molar-refractivity contribution >= 4 is 22.4 Å². The predicted octanol–water partition coefficient (Wildman–Crippen LogP) is 4.99. The lowest BCUT2D eigenvalue weighted by molar-refractivity contribution is -0.0512. The fourth-order valence-corrected chi connectivity index (χ4v) is 3.47. The number of amides is 1. The third kappa shape index (κ3) is 4.80. The van der Waals surface area contributed by atoms with E-state index in [0.29, 0.717) is 5.13 Å². The van der Waals surface area contributed by atoms with E-state index >= 15 is 0 Å². The standard InChI is InChI=1S/C20H18F2N2O4S/c1-11-17(12-4-7-14(26-2)8-5-12)23-20(29-11)24-18(25)13-6-9-15(28-19(21)22)16(10-13)27-3/h4-10,19H,1-3H3,(H,23,24,25). The number of rotatable bonds is 7. The minimum atomic E-state index is -2.99. The van der Waals surface area contributed by atoms with E-state index in [1.165, 1.54) is 36.6 Å². The number of nitrogens with one attached hydrogen (secondary N) is 1. The van der Waals surface area contributed by atoms with Crippen LogP contribution in [0.4, 0.5) is 13.9 Å². The van der Waals surface area contributed by atoms with Crippen LogP contribution in [0.25, 0.3) is 11.3 Å². The molecule has 6 nitrogen and oxygen atoms in total. The topological polar surface area (TPSA) is 69.7 Å². The number of carbonyl (C=O) groups excluding carboxylic acids is 1. The number of methoxy groups -OCH3 is 2. The molecule has 3 rings (SSSR count). The summed E-state index contributed by atoms with van der Waals surface area (Å²) in [7, 11) is 2.90. The summed E-state index contributed by atoms with van der Waals surface area (Å²) in [5, 5.41) is 3.14. The van der Waals surface area contributed by atoms with Crippen LogP contribution in [0.15, 0.2) is 42.5 Å². The Morgan fingerprint density at radius 1 is 1.07 bits per heavy atom. The summed E-state index contributed by atoms with van der Waals surface area (Å²) in [5.74, 6) is 0.184. The SMILES string of the molecule is COc1ccc(-c2nc(NC(=O)c3ccc(OC(F)F)c(OC)c3)sc2C)cc1. The van der Waals surface area contributed by atoms with E-state index < -0.39 is 12.5 Å². The van der Waals surface area contributed by atoms with Gasteiger partial charge in [-0.3, -0.25) is 10.1 Å². The van der Waals surface area contributed by atoms with Gasteiger partial charge in [-0.25, -0.2) is 4.98 Å². The lowest BCUT2D eigenvalue weighted by Crippen LogP contribution is -2.12. The van der Waals surface area contributed by atoms with Crippen molar-refractivity contribution in [3.05, 3.63) is 52.9 Å². The van der Waals surface area contributed by atoms with Crippen molar-refractivity contribution < 1.29 is 27.8 Å². The maximum Gasteiger partial charge on any atom is 0.387 e. The van der Waals surface area contributed by atoms with Crippen LogP contribution < -0.4 is 19.5 Å². The lowest BCUT2D eigenvalue weighted by atomic mass is 10.1. The summed E-state index contributed by atoms with van der Waals surface area (Å²) >= 11 is 1.33. The van der Waals surface area contributed by atoms with E-state index in [0.717, 1.165) is 21.9 Å². The highest BCUT2D eigenvalue weighted by Crippen LogP contribution is 2.33. The number of thiazole rings is 1. The van der Waals surface area contributed by atoms with Gasteiger partial charge in [0.15, 0.2) is 16.6 Å². The number of ether oxygens (including phenoxy) is 3. The van der Waals surface area contributed by atoms with E-state index in [-0.39, 0.29) is 17.1 Å². The molecule has 1 N–H and O–H groups in total. The van der Waals surface area contributed by atoms with Crippen molar-refractivity contribution in [2.24, 2.45) is 0 Å². The summed E-state index contributed by atoms with van der Waals surface area (Å²) in [5.41, 5.74) is 1.88. The first-order valence-electron chi connectivity index (χ1n) is 8.47. The smallest absolute Gasteiger partial charge is 0.387 e. The Morgan fingerprint density at radius 2 is 1.79 bits per heavy atom. The van der Waals surface area contributed by atoms with E-state index in [4.69, 9.17) is 9.47 Å². The highest BCUT2D eigenvalue weighted by atomic mass is 32.1. The van der Waals surface area contributed by atoms with Gasteiger partial charge >= 0.3 is 6.61 Å². The zero-order valence-corrected chi connectivity index (χ0v) is 16.7. The lowest BCUT2D eigenvalue weighted by Gasteiger charge is -2.11. The van der Waals surface area contributed by atoms with Crippen molar-refractivity contribution in [3.63, 3.8) is 0 Å². The van der Waals surface area contributed by atoms with Crippen LogP contribution in [0, 0.1) is 6.92 Å². The molecule has 1 aromatic heterocycles. The second kappa shape index (κ2) is 8.87. The number of aryl methyl sites for hydroxylation is 1. The van der Waals surface area contributed by atoms with Crippen molar-refractivity contribution in [1.82, 2.24) is 4.98 Å². The highest BCUT2D eigenvalue weighted by molar-refractivity contribution is 7.16. The summed E-state index contributed by atoms with van der Waals surface area (Å²) in [6.45, 7) is -1.08. The molecule has 0 radical (unpaired) electrons. The molecule has 0 saturated carbocycles. The Bertz CT molecular complexity index is 1010. The second-order valence-electron chi connectivity index (χ2n) is 5.85. The number of benzene rings is 2. The number of aromatic nitrogens is 1. The molecule has 0 aliphatic heterocycles. The molecule has 0 fully saturated rings. The maximum absolute atomic E-state index is 12.6. The molecule has 0 unspecified atom stereocenters. The zero-order chi connectivity index (χ0) is 21.0. The van der Waals surface area contributed by atoms with Gasteiger partial charge in [0.1, 0.15) is 5.75 Å². The largest absolute Gasteiger partial charge is 0.497 e. The number of nitrogens with zero attached hydrogens (tertiary/aromatic N) is 1. The van der Waals surface area contributed by atoms with E-state index in [9.17, 15) is 13.6 Å². The van der Waals surface area contributed by atoms with E-state index in [1.807, 2.05) is 31.2 Å². The molecule has 0 atom stereocenters. The van der Waals surface area contributed by atoms with Crippen LogP contribution >= 0.6 is 11.3 Å². The Balaban J connectivity index is 1.78. The average molecular weight is 420 g/mol. The number of carbonyl (C=O) groups is 1. The number of halogens is 2. The zero-order valence-electron chi connectivity index (χ0n) is 15.9. The summed E-state index contributed by atoms with van der Waals surface area (Å²) in [6, 6.07) is 11.4. The normalized spacial score (nSPS) is 10.7. The first kappa shape index (κ1) is 20.5. The van der Waals surface area contributed by atoms with Gasteiger partial charge in [0.2, 0.25) is 0 Å². The molecule has 0 aliphatic carbocycles. The van der Waals surface area contributed by atoms with E-state index in [2.05, 4.69) is 15.0 Å². The van der Waals surface area contributed by atoms with Gasteiger partial charge in [-0.1, -0.05) is 0 Å². The summed E-state index contributed by atoms with van der Waals surface area (Å²) < 4.78 is 39.4. The monoisotopic (exact) mass is 420 g/mol. The molecule has 1 heterocycles. The van der Waals surface area contributed by atoms with Crippen molar-refractivity contribution in [2.45, 2.75) is 13.5 Å². The van der Waals surface area contributed by atoms with Crippen LogP contribution in [0.1, 0.15) is 15.2 Å². The Hall–Kier alpha value is -3.20. The molecule has 2 aromatic carbocycles. The van der Waals surface area contributed by atoms with Crippen LogP contribution in [0.2, 0.25) is 0 Å². The van der Waals surface area contributed by atoms with Gasteiger partial charge in [-0.15, -0.1) is 11.3 Å². The highest BCUT2D eigenvalue weighted by Gasteiger charge is 2.17. The maximum atomic E-state index is 12.6. The number of anilines is 1. The molecular weight excluding hydrogens is 402 g/mol. The van der Waals surface area contributed by atoms with Crippen LogP contribution in [0.3, 0.4) is 0 Å². The number of hydrogen-bond acceptors (Lipinski definition) is 6. The minimum Gasteiger partial charge on any atom is -0.497 e. The molecule has 1 amide bonds. The number of hydrogen-bond donors (Lipinski definition) is 1. The molecule has 152 valence electrons. The second-order valence-corrected chi connectivity index (χ2v) is 7.05. The summed E-state index contributed by atoms with van der Waals surface area (Å²) in [4.78, 5) is 18.0. The molecule has 0 saturated heterocycles. The van der Waals surface area contributed by atoms with Gasteiger partial charge in [0, 0.05) is 16.0 Å². The van der Waals surface area contributed by atoms with Gasteiger partial charge in [0.25, 0.3) is 5.91 Å². The average Bonchev–Trinajstić information content (AvgIpc) is 3.07. The van der Waals surface area contributed by atoms with Crippen LogP contribution in [0.5, 0.6) is 17.2 Å². The van der Waals surface area contributed by atoms with Gasteiger partial charge in [-0.05, 0) is 49.4 Å². The quantitative estimate of drug-likeness (QED) is 0.583. The minimum absolute atomic E-state index is 0.0344. The van der Waals surface area contributed by atoms with Crippen molar-refractivity contribution in [2.75, 3.05) is 19.5 Å². The predicted molar refractivity (Wildman–Crippen MR) is 106 cm³/mol. The van der Waals surface area contributed by atoms with Gasteiger partial charge < -0.3 is 14.2 Å². The molecule has 0 bridgehead atoms. The Labute approximate surface area is 170 Å². The Morgan fingerprint density at radius 3 is 2.41 bits per heavy atom. The summed E-state index contributed by atoms with van der Waals surface area (Å²) in [6.07, 6.45) is 0. The van der Waals surface area contributed by atoms with Crippen molar-refractivity contribution in [1.29, 1.82) is 0 Å². The third-order valence-corrected chi connectivity index (χ3v) is 4.91. The number of alkyl halides is 2. The first-order chi connectivity index (χ1) is 13.9. The Kier molecular flexibility index (Phi) is 6.28. The van der Waals surface area contributed by atoms with Gasteiger partial charge in [0.05, 0.1) is 19.9 Å². The fraction of sp³-hybridized carbons (Fsp3) is 0.200. The van der Waals surface area contributed by atoms with E-state index in [1.54, 1.807) is 7.11 Å².